The second-order valence-electron chi connectivity index (χ2n) is 5.57. The average molecular weight is 275 g/mol. The van der Waals surface area contributed by atoms with E-state index in [9.17, 15) is 0 Å². The highest BCUT2D eigenvalue weighted by molar-refractivity contribution is 5.80. The molecule has 0 fully saturated rings. The number of rotatable bonds is 3. The van der Waals surface area contributed by atoms with Crippen LogP contribution in [0.4, 0.5) is 0 Å². The Morgan fingerprint density at radius 1 is 1.30 bits per heavy atom. The van der Waals surface area contributed by atoms with Crippen molar-refractivity contribution in [3.8, 4) is 11.5 Å². The summed E-state index contributed by atoms with van der Waals surface area (Å²) in [6, 6.07) is 3.92. The molecule has 0 amide bonds. The van der Waals surface area contributed by atoms with E-state index in [2.05, 4.69) is 18.8 Å². The first-order valence-corrected chi connectivity index (χ1v) is 7.16. The van der Waals surface area contributed by atoms with Crippen molar-refractivity contribution in [2.24, 2.45) is 5.73 Å². The number of nitrogens with zero attached hydrogens (tertiary/aromatic N) is 1. The van der Waals surface area contributed by atoms with Gasteiger partial charge in [0, 0.05) is 30.5 Å². The van der Waals surface area contributed by atoms with Gasteiger partial charge in [0.15, 0.2) is 11.5 Å². The Kier molecular flexibility index (Phi) is 3.30. The molecule has 1 aliphatic rings. The molecule has 5 heteroatoms. The molecular weight excluding hydrogens is 254 g/mol. The highest BCUT2D eigenvalue weighted by Gasteiger charge is 2.27. The minimum absolute atomic E-state index is 0.127. The van der Waals surface area contributed by atoms with Crippen molar-refractivity contribution < 1.29 is 9.47 Å². The molecule has 5 nitrogen and oxygen atoms in total. The van der Waals surface area contributed by atoms with Crippen LogP contribution in [0.25, 0.3) is 11.0 Å². The molecule has 20 heavy (non-hydrogen) atoms. The molecule has 0 spiro atoms. The number of aromatic nitrogens is 2. The van der Waals surface area contributed by atoms with Crippen molar-refractivity contribution in [2.45, 2.75) is 32.1 Å². The third-order valence-corrected chi connectivity index (χ3v) is 4.15. The summed E-state index contributed by atoms with van der Waals surface area (Å²) in [5.74, 6) is 2.49. The molecule has 108 valence electrons. The highest BCUT2D eigenvalue weighted by Crippen LogP contribution is 2.35. The summed E-state index contributed by atoms with van der Waals surface area (Å²) in [6.45, 7) is 6.19. The van der Waals surface area contributed by atoms with E-state index in [0.29, 0.717) is 19.8 Å². The minimum atomic E-state index is -0.127. The Morgan fingerprint density at radius 3 is 2.65 bits per heavy atom. The first kappa shape index (κ1) is 13.2. The van der Waals surface area contributed by atoms with E-state index < -0.39 is 0 Å². The molecule has 0 bridgehead atoms. The van der Waals surface area contributed by atoms with E-state index in [0.717, 1.165) is 41.2 Å². The number of aromatic amines is 1. The maximum atomic E-state index is 5.90. The molecule has 1 aromatic carbocycles. The lowest BCUT2D eigenvalue weighted by molar-refractivity contribution is 0.297. The van der Waals surface area contributed by atoms with Gasteiger partial charge < -0.3 is 20.2 Å². The van der Waals surface area contributed by atoms with Crippen LogP contribution in [0.3, 0.4) is 0 Å². The molecule has 3 N–H and O–H groups in total. The topological polar surface area (TPSA) is 73.2 Å². The molecule has 0 aliphatic carbocycles. The molecule has 0 radical (unpaired) electrons. The molecule has 1 aliphatic heterocycles. The molecule has 2 heterocycles. The molecule has 1 unspecified atom stereocenters. The predicted octanol–water partition coefficient (Wildman–Crippen LogP) is 2.35. The molecule has 0 saturated heterocycles. The van der Waals surface area contributed by atoms with E-state index in [1.165, 1.54) is 0 Å². The van der Waals surface area contributed by atoms with Gasteiger partial charge in [-0.2, -0.15) is 0 Å². The fourth-order valence-electron chi connectivity index (χ4n) is 2.36. The van der Waals surface area contributed by atoms with E-state index >= 15 is 0 Å². The van der Waals surface area contributed by atoms with Crippen LogP contribution in [0.2, 0.25) is 0 Å². The van der Waals surface area contributed by atoms with Crippen molar-refractivity contribution in [1.82, 2.24) is 9.97 Å². The lowest BCUT2D eigenvalue weighted by Gasteiger charge is -2.23. The van der Waals surface area contributed by atoms with Gasteiger partial charge in [-0.3, -0.25) is 0 Å². The number of hydrogen-bond acceptors (Lipinski definition) is 4. The highest BCUT2D eigenvalue weighted by atomic mass is 16.5. The average Bonchev–Trinajstić information content (AvgIpc) is 2.75. The number of hydrogen-bond donors (Lipinski definition) is 2. The maximum Gasteiger partial charge on any atom is 0.163 e. The van der Waals surface area contributed by atoms with Crippen molar-refractivity contribution in [2.75, 3.05) is 19.8 Å². The van der Waals surface area contributed by atoms with Gasteiger partial charge in [-0.1, -0.05) is 13.8 Å². The zero-order valence-electron chi connectivity index (χ0n) is 12.0. The summed E-state index contributed by atoms with van der Waals surface area (Å²) in [6.07, 6.45) is 1.85. The number of nitrogens with two attached hydrogens (primary N) is 1. The van der Waals surface area contributed by atoms with Gasteiger partial charge in [0.25, 0.3) is 0 Å². The Bertz CT molecular complexity index is 574. The van der Waals surface area contributed by atoms with E-state index in [4.69, 9.17) is 20.2 Å². The van der Waals surface area contributed by atoms with E-state index in [1.807, 2.05) is 12.1 Å². The van der Waals surface area contributed by atoms with Crippen molar-refractivity contribution >= 4 is 11.0 Å². The third kappa shape index (κ3) is 2.12. The van der Waals surface area contributed by atoms with Gasteiger partial charge in [0.05, 0.1) is 24.2 Å². The number of imidazole rings is 1. The zero-order valence-corrected chi connectivity index (χ0v) is 12.0. The Labute approximate surface area is 118 Å². The largest absolute Gasteiger partial charge is 0.489 e. The second-order valence-corrected chi connectivity index (χ2v) is 5.57. The standard InChI is InChI=1S/C15H21N3O2/c1-3-15(2,9-16)14-17-10-7-12-13(8-11(10)18-14)20-6-4-5-19-12/h7-8H,3-6,9,16H2,1-2H3,(H,17,18). The van der Waals surface area contributed by atoms with Crippen molar-refractivity contribution in [3.05, 3.63) is 18.0 Å². The summed E-state index contributed by atoms with van der Waals surface area (Å²) in [4.78, 5) is 8.08. The first-order valence-electron chi connectivity index (χ1n) is 7.16. The monoisotopic (exact) mass is 275 g/mol. The normalized spacial score (nSPS) is 17.8. The number of H-pyrrole nitrogens is 1. The van der Waals surface area contributed by atoms with Crippen LogP contribution in [0.5, 0.6) is 11.5 Å². The van der Waals surface area contributed by atoms with Gasteiger partial charge in [0.2, 0.25) is 0 Å². The summed E-state index contributed by atoms with van der Waals surface area (Å²) < 4.78 is 11.4. The first-order chi connectivity index (χ1) is 9.66. The summed E-state index contributed by atoms with van der Waals surface area (Å²) >= 11 is 0. The van der Waals surface area contributed by atoms with E-state index in [1.54, 1.807) is 0 Å². The molecule has 3 rings (SSSR count). The SMILES string of the molecule is CCC(C)(CN)c1nc2cc3c(cc2[nH]1)OCCCO3. The fourth-order valence-corrected chi connectivity index (χ4v) is 2.36. The van der Waals surface area contributed by atoms with Gasteiger partial charge in [-0.05, 0) is 6.42 Å². The van der Waals surface area contributed by atoms with E-state index in [-0.39, 0.29) is 5.41 Å². The quantitative estimate of drug-likeness (QED) is 0.901. The van der Waals surface area contributed by atoms with Crippen LogP contribution < -0.4 is 15.2 Å². The molecule has 0 saturated carbocycles. The fraction of sp³-hybridized carbons (Fsp3) is 0.533. The number of fused-ring (bicyclic) bond motifs is 2. The molecule has 1 atom stereocenters. The van der Waals surface area contributed by atoms with Crippen LogP contribution in [-0.2, 0) is 5.41 Å². The number of ether oxygens (including phenoxy) is 2. The number of nitrogens with one attached hydrogen (secondary N) is 1. The summed E-state index contributed by atoms with van der Waals surface area (Å²) in [5.41, 5.74) is 7.65. The van der Waals surface area contributed by atoms with Crippen LogP contribution in [0.1, 0.15) is 32.5 Å². The van der Waals surface area contributed by atoms with Crippen LogP contribution in [0.15, 0.2) is 12.1 Å². The van der Waals surface area contributed by atoms with Gasteiger partial charge in [-0.15, -0.1) is 0 Å². The Hall–Kier alpha value is -1.75. The van der Waals surface area contributed by atoms with Crippen LogP contribution in [-0.4, -0.2) is 29.7 Å². The maximum absolute atomic E-state index is 5.90. The number of benzene rings is 1. The van der Waals surface area contributed by atoms with Gasteiger partial charge >= 0.3 is 0 Å². The van der Waals surface area contributed by atoms with Crippen LogP contribution in [0, 0.1) is 0 Å². The van der Waals surface area contributed by atoms with Crippen molar-refractivity contribution in [3.63, 3.8) is 0 Å². The minimum Gasteiger partial charge on any atom is -0.489 e. The zero-order chi connectivity index (χ0) is 14.2. The van der Waals surface area contributed by atoms with Crippen LogP contribution >= 0.6 is 0 Å². The van der Waals surface area contributed by atoms with Gasteiger partial charge in [0.1, 0.15) is 5.82 Å². The molecular formula is C15H21N3O2. The third-order valence-electron chi connectivity index (χ3n) is 4.15. The Morgan fingerprint density at radius 2 is 2.00 bits per heavy atom. The van der Waals surface area contributed by atoms with Crippen molar-refractivity contribution in [1.29, 1.82) is 0 Å². The van der Waals surface area contributed by atoms with Gasteiger partial charge in [-0.25, -0.2) is 4.98 Å². The smallest absolute Gasteiger partial charge is 0.163 e. The lowest BCUT2D eigenvalue weighted by atomic mass is 9.87. The molecule has 2 aromatic rings. The second kappa shape index (κ2) is 4.98. The molecule has 1 aromatic heterocycles. The Balaban J connectivity index is 2.08. The summed E-state index contributed by atoms with van der Waals surface area (Å²) in [5, 5.41) is 0. The lowest BCUT2D eigenvalue weighted by Crippen LogP contribution is -2.32. The summed E-state index contributed by atoms with van der Waals surface area (Å²) in [7, 11) is 0. The predicted molar refractivity (Wildman–Crippen MR) is 78.4 cm³/mol.